The third-order valence-electron chi connectivity index (χ3n) is 4.69. The van der Waals surface area contributed by atoms with Gasteiger partial charge in [-0.15, -0.1) is 0 Å². The lowest BCUT2D eigenvalue weighted by atomic mass is 10.1. The zero-order valence-electron chi connectivity index (χ0n) is 17.4. The van der Waals surface area contributed by atoms with Crippen LogP contribution in [0.3, 0.4) is 0 Å². The lowest BCUT2D eigenvalue weighted by molar-refractivity contribution is -0.112. The van der Waals surface area contributed by atoms with E-state index in [9.17, 15) is 10.1 Å². The van der Waals surface area contributed by atoms with Gasteiger partial charge >= 0.3 is 0 Å². The number of hydrogen-bond acceptors (Lipinski definition) is 3. The van der Waals surface area contributed by atoms with E-state index in [-0.39, 0.29) is 5.57 Å². The van der Waals surface area contributed by atoms with Gasteiger partial charge in [-0.25, -0.2) is 0 Å². The van der Waals surface area contributed by atoms with Gasteiger partial charge in [0, 0.05) is 28.2 Å². The number of nitrogens with one attached hydrogen (secondary N) is 1. The molecule has 1 aromatic heterocycles. The standard InChI is InChI=1S/C24H21Cl2N3O2/c1-4-31-21-7-5-6-20(13-21)28-24(30)18(14-27)11-17-10-15(2)29(16(17)3)23-9-8-19(25)12-22(23)26/h5-13H,4H2,1-3H3,(H,28,30)/b18-11-. The maximum atomic E-state index is 12.7. The highest BCUT2D eigenvalue weighted by Crippen LogP contribution is 2.29. The molecule has 0 unspecified atom stereocenters. The number of rotatable bonds is 6. The summed E-state index contributed by atoms with van der Waals surface area (Å²) in [5.41, 5.74) is 3.82. The molecule has 2 aromatic carbocycles. The Hall–Kier alpha value is -3.20. The Morgan fingerprint density at radius 2 is 1.97 bits per heavy atom. The summed E-state index contributed by atoms with van der Waals surface area (Å²) in [6.07, 6.45) is 1.57. The molecular formula is C24H21Cl2N3O2. The molecule has 0 bridgehead atoms. The van der Waals surface area contributed by atoms with E-state index in [4.69, 9.17) is 27.9 Å². The second-order valence-electron chi connectivity index (χ2n) is 6.84. The quantitative estimate of drug-likeness (QED) is 0.349. The molecule has 1 amide bonds. The predicted octanol–water partition coefficient (Wildman–Crippen LogP) is 6.35. The third-order valence-corrected chi connectivity index (χ3v) is 5.23. The van der Waals surface area contributed by atoms with Crippen molar-refractivity contribution in [3.63, 3.8) is 0 Å². The van der Waals surface area contributed by atoms with Crippen molar-refractivity contribution in [1.29, 1.82) is 5.26 Å². The monoisotopic (exact) mass is 453 g/mol. The number of hydrogen-bond donors (Lipinski definition) is 1. The molecule has 3 rings (SSSR count). The normalized spacial score (nSPS) is 11.2. The summed E-state index contributed by atoms with van der Waals surface area (Å²) in [6.45, 7) is 6.24. The summed E-state index contributed by atoms with van der Waals surface area (Å²) in [5, 5.41) is 13.4. The fourth-order valence-corrected chi connectivity index (χ4v) is 3.79. The molecule has 3 aromatic rings. The average Bonchev–Trinajstić information content (AvgIpc) is 3.00. The van der Waals surface area contributed by atoms with E-state index in [1.54, 1.807) is 42.5 Å². The van der Waals surface area contributed by atoms with Crippen LogP contribution in [-0.2, 0) is 4.79 Å². The number of carbonyl (C=O) groups excluding carboxylic acids is 1. The van der Waals surface area contributed by atoms with Crippen LogP contribution in [0.4, 0.5) is 5.69 Å². The smallest absolute Gasteiger partial charge is 0.266 e. The molecule has 0 fully saturated rings. The molecule has 0 aliphatic carbocycles. The SMILES string of the molecule is CCOc1cccc(NC(=O)/C(C#N)=C\c2cc(C)n(-c3ccc(Cl)cc3Cl)c2C)c1. The largest absolute Gasteiger partial charge is 0.494 e. The highest BCUT2D eigenvalue weighted by atomic mass is 35.5. The number of aromatic nitrogens is 1. The van der Waals surface area contributed by atoms with Crippen molar-refractivity contribution in [2.24, 2.45) is 0 Å². The molecule has 0 aliphatic rings. The Morgan fingerprint density at radius 1 is 1.19 bits per heavy atom. The van der Waals surface area contributed by atoms with Gasteiger partial charge in [0.2, 0.25) is 0 Å². The van der Waals surface area contributed by atoms with Gasteiger partial charge in [0.25, 0.3) is 5.91 Å². The van der Waals surface area contributed by atoms with Crippen LogP contribution < -0.4 is 10.1 Å². The van der Waals surface area contributed by atoms with Crippen LogP contribution in [0.15, 0.2) is 54.1 Å². The van der Waals surface area contributed by atoms with Crippen LogP contribution in [0, 0.1) is 25.2 Å². The number of ether oxygens (including phenoxy) is 1. The Bertz CT molecular complexity index is 1210. The Morgan fingerprint density at radius 3 is 2.65 bits per heavy atom. The first-order valence-corrected chi connectivity index (χ1v) is 10.4. The van der Waals surface area contributed by atoms with Gasteiger partial charge in [-0.2, -0.15) is 5.26 Å². The first-order valence-electron chi connectivity index (χ1n) is 9.64. The maximum Gasteiger partial charge on any atom is 0.266 e. The molecule has 5 nitrogen and oxygen atoms in total. The minimum Gasteiger partial charge on any atom is -0.494 e. The number of anilines is 1. The molecule has 0 spiro atoms. The van der Waals surface area contributed by atoms with Crippen LogP contribution in [0.5, 0.6) is 5.75 Å². The van der Waals surface area contributed by atoms with Crippen LogP contribution >= 0.6 is 23.2 Å². The van der Waals surface area contributed by atoms with Crippen LogP contribution in [0.1, 0.15) is 23.9 Å². The summed E-state index contributed by atoms with van der Waals surface area (Å²) < 4.78 is 7.41. The number of aryl methyl sites for hydroxylation is 1. The highest BCUT2D eigenvalue weighted by Gasteiger charge is 2.15. The van der Waals surface area contributed by atoms with Crippen molar-refractivity contribution in [3.8, 4) is 17.5 Å². The first kappa shape index (κ1) is 22.5. The minimum absolute atomic E-state index is 0.00994. The summed E-state index contributed by atoms with van der Waals surface area (Å²) >= 11 is 12.4. The van der Waals surface area contributed by atoms with E-state index in [0.29, 0.717) is 28.1 Å². The second-order valence-corrected chi connectivity index (χ2v) is 7.69. The van der Waals surface area contributed by atoms with Crippen molar-refractivity contribution in [3.05, 3.63) is 81.1 Å². The lowest BCUT2D eigenvalue weighted by Gasteiger charge is -2.12. The number of nitriles is 1. The summed E-state index contributed by atoms with van der Waals surface area (Å²) in [6, 6.07) is 16.2. The summed E-state index contributed by atoms with van der Waals surface area (Å²) in [7, 11) is 0. The Kier molecular flexibility index (Phi) is 7.06. The van der Waals surface area contributed by atoms with Crippen molar-refractivity contribution in [1.82, 2.24) is 4.57 Å². The molecule has 0 aliphatic heterocycles. The number of carbonyl (C=O) groups is 1. The van der Waals surface area contributed by atoms with E-state index < -0.39 is 5.91 Å². The number of halogens is 2. The number of benzene rings is 2. The molecule has 158 valence electrons. The van der Waals surface area contributed by atoms with Crippen molar-refractivity contribution >= 4 is 40.9 Å². The van der Waals surface area contributed by atoms with E-state index in [1.165, 1.54) is 0 Å². The van der Waals surface area contributed by atoms with Crippen LogP contribution in [0.2, 0.25) is 10.0 Å². The van der Waals surface area contributed by atoms with Crippen LogP contribution in [0.25, 0.3) is 11.8 Å². The van der Waals surface area contributed by atoms with Gasteiger partial charge in [-0.3, -0.25) is 4.79 Å². The predicted molar refractivity (Wildman–Crippen MR) is 125 cm³/mol. The first-order chi connectivity index (χ1) is 14.8. The third kappa shape index (κ3) is 5.11. The zero-order valence-corrected chi connectivity index (χ0v) is 18.9. The second kappa shape index (κ2) is 9.74. The molecule has 0 saturated carbocycles. The summed E-state index contributed by atoms with van der Waals surface area (Å²) in [5.74, 6) is 0.150. The van der Waals surface area contributed by atoms with Gasteiger partial charge in [0.05, 0.1) is 17.3 Å². The minimum atomic E-state index is -0.495. The van der Waals surface area contributed by atoms with E-state index in [0.717, 1.165) is 22.6 Å². The highest BCUT2D eigenvalue weighted by molar-refractivity contribution is 6.35. The van der Waals surface area contributed by atoms with Crippen LogP contribution in [-0.4, -0.2) is 17.1 Å². The summed E-state index contributed by atoms with van der Waals surface area (Å²) in [4.78, 5) is 12.7. The van der Waals surface area contributed by atoms with Crippen molar-refractivity contribution in [2.75, 3.05) is 11.9 Å². The van der Waals surface area contributed by atoms with E-state index >= 15 is 0 Å². The van der Waals surface area contributed by atoms with Crippen molar-refractivity contribution < 1.29 is 9.53 Å². The van der Waals surface area contributed by atoms with E-state index in [1.807, 2.05) is 43.5 Å². The number of nitrogens with zero attached hydrogens (tertiary/aromatic N) is 2. The maximum absolute atomic E-state index is 12.7. The van der Waals surface area contributed by atoms with E-state index in [2.05, 4.69) is 5.32 Å². The molecule has 7 heteroatoms. The van der Waals surface area contributed by atoms with Gasteiger partial charge in [-0.05, 0) is 68.8 Å². The van der Waals surface area contributed by atoms with Crippen molar-refractivity contribution in [2.45, 2.75) is 20.8 Å². The van der Waals surface area contributed by atoms with Gasteiger partial charge in [0.1, 0.15) is 17.4 Å². The average molecular weight is 454 g/mol. The fourth-order valence-electron chi connectivity index (χ4n) is 3.30. The molecule has 31 heavy (non-hydrogen) atoms. The molecular weight excluding hydrogens is 433 g/mol. The molecule has 1 N–H and O–H groups in total. The Labute approximate surface area is 191 Å². The van der Waals surface area contributed by atoms with Gasteiger partial charge in [-0.1, -0.05) is 29.3 Å². The number of amides is 1. The molecule has 0 saturated heterocycles. The molecule has 0 atom stereocenters. The fraction of sp³-hybridized carbons (Fsp3) is 0.167. The molecule has 1 heterocycles. The van der Waals surface area contributed by atoms with Gasteiger partial charge < -0.3 is 14.6 Å². The topological polar surface area (TPSA) is 67.0 Å². The zero-order chi connectivity index (χ0) is 22.5. The van der Waals surface area contributed by atoms with Gasteiger partial charge in [0.15, 0.2) is 0 Å². The Balaban J connectivity index is 1.92. The molecule has 0 radical (unpaired) electrons. The lowest BCUT2D eigenvalue weighted by Crippen LogP contribution is -2.13.